The van der Waals surface area contributed by atoms with Crippen molar-refractivity contribution in [1.82, 2.24) is 15.5 Å². The zero-order chi connectivity index (χ0) is 12.3. The molecule has 0 aliphatic heterocycles. The molecule has 0 saturated heterocycles. The molecule has 2 heterocycles. The molecule has 5 heteroatoms. The lowest BCUT2D eigenvalue weighted by molar-refractivity contribution is 0.309. The second-order valence-corrected chi connectivity index (χ2v) is 5.17. The maximum absolute atomic E-state index is 5.08. The van der Waals surface area contributed by atoms with E-state index in [-0.39, 0.29) is 5.54 Å². The molecule has 0 spiro atoms. The number of thiazole rings is 1. The zero-order valence-electron chi connectivity index (χ0n) is 10.4. The molecule has 92 valence electrons. The van der Waals surface area contributed by atoms with Gasteiger partial charge in [-0.2, -0.15) is 0 Å². The summed E-state index contributed by atoms with van der Waals surface area (Å²) in [4.78, 5) is 4.56. The normalized spacial score (nSPS) is 14.8. The minimum absolute atomic E-state index is 0.105. The van der Waals surface area contributed by atoms with Crippen LogP contribution in [-0.2, 0) is 12.1 Å². The van der Waals surface area contributed by atoms with Crippen LogP contribution in [0.2, 0.25) is 0 Å². The number of nitrogens with zero attached hydrogens (tertiary/aromatic N) is 2. The molecule has 2 aromatic rings. The van der Waals surface area contributed by atoms with Crippen LogP contribution >= 0.6 is 11.3 Å². The SMILES string of the molecule is CC[C@](C)(NCc1ccno1)c1nc(C)cs1. The van der Waals surface area contributed by atoms with E-state index in [0.717, 1.165) is 22.9 Å². The van der Waals surface area contributed by atoms with Crippen molar-refractivity contribution in [2.75, 3.05) is 0 Å². The Balaban J connectivity index is 2.09. The highest BCUT2D eigenvalue weighted by atomic mass is 32.1. The minimum atomic E-state index is -0.105. The molecule has 1 atom stereocenters. The molecule has 0 fully saturated rings. The lowest BCUT2D eigenvalue weighted by atomic mass is 10.00. The smallest absolute Gasteiger partial charge is 0.150 e. The summed E-state index contributed by atoms with van der Waals surface area (Å²) in [5.74, 6) is 0.845. The lowest BCUT2D eigenvalue weighted by Gasteiger charge is -2.26. The summed E-state index contributed by atoms with van der Waals surface area (Å²) < 4.78 is 5.08. The van der Waals surface area contributed by atoms with Gasteiger partial charge >= 0.3 is 0 Å². The van der Waals surface area contributed by atoms with Crippen LogP contribution in [0.5, 0.6) is 0 Å². The van der Waals surface area contributed by atoms with Crippen LogP contribution in [0, 0.1) is 6.92 Å². The van der Waals surface area contributed by atoms with Crippen LogP contribution < -0.4 is 5.32 Å². The summed E-state index contributed by atoms with van der Waals surface area (Å²) in [5.41, 5.74) is 0.970. The minimum Gasteiger partial charge on any atom is -0.360 e. The van der Waals surface area contributed by atoms with E-state index in [1.807, 2.05) is 13.0 Å². The monoisotopic (exact) mass is 251 g/mol. The molecular formula is C12H17N3OS. The van der Waals surface area contributed by atoms with Gasteiger partial charge in [-0.1, -0.05) is 12.1 Å². The molecule has 0 aromatic carbocycles. The maximum atomic E-state index is 5.08. The molecule has 17 heavy (non-hydrogen) atoms. The summed E-state index contributed by atoms with van der Waals surface area (Å²) in [5, 5.41) is 10.4. The third-order valence-corrected chi connectivity index (χ3v) is 4.17. The molecule has 2 rings (SSSR count). The van der Waals surface area contributed by atoms with E-state index in [9.17, 15) is 0 Å². The summed E-state index contributed by atoms with van der Waals surface area (Å²) in [6.07, 6.45) is 2.64. The molecule has 0 saturated carbocycles. The molecule has 0 aliphatic carbocycles. The van der Waals surface area contributed by atoms with Crippen LogP contribution in [0.1, 0.15) is 36.7 Å². The van der Waals surface area contributed by atoms with Gasteiger partial charge in [-0.05, 0) is 20.3 Å². The van der Waals surface area contributed by atoms with Crippen molar-refractivity contribution in [3.05, 3.63) is 34.1 Å². The van der Waals surface area contributed by atoms with E-state index < -0.39 is 0 Å². The van der Waals surface area contributed by atoms with Gasteiger partial charge in [0.15, 0.2) is 0 Å². The van der Waals surface area contributed by atoms with Gasteiger partial charge in [0.1, 0.15) is 10.8 Å². The van der Waals surface area contributed by atoms with Crippen molar-refractivity contribution in [3.8, 4) is 0 Å². The second kappa shape index (κ2) is 4.98. The molecule has 0 bridgehead atoms. The molecule has 0 radical (unpaired) electrons. The predicted molar refractivity (Wildman–Crippen MR) is 67.8 cm³/mol. The molecular weight excluding hydrogens is 234 g/mol. The Morgan fingerprint density at radius 1 is 1.53 bits per heavy atom. The lowest BCUT2D eigenvalue weighted by Crippen LogP contribution is -2.38. The Hall–Kier alpha value is -1.20. The first kappa shape index (κ1) is 12.3. The predicted octanol–water partition coefficient (Wildman–Crippen LogP) is 2.85. The van der Waals surface area contributed by atoms with Crippen molar-refractivity contribution >= 4 is 11.3 Å². The van der Waals surface area contributed by atoms with Crippen molar-refractivity contribution in [1.29, 1.82) is 0 Å². The average Bonchev–Trinajstić information content (AvgIpc) is 2.97. The van der Waals surface area contributed by atoms with Gasteiger partial charge in [0.05, 0.1) is 18.3 Å². The van der Waals surface area contributed by atoms with Crippen molar-refractivity contribution in [2.24, 2.45) is 0 Å². The summed E-state index contributed by atoms with van der Waals surface area (Å²) in [7, 11) is 0. The van der Waals surface area contributed by atoms with Gasteiger partial charge in [0, 0.05) is 17.1 Å². The molecule has 1 N–H and O–H groups in total. The summed E-state index contributed by atoms with van der Waals surface area (Å²) in [6.45, 7) is 7.02. The quantitative estimate of drug-likeness (QED) is 0.887. The molecule has 4 nitrogen and oxygen atoms in total. The van der Waals surface area contributed by atoms with E-state index in [1.54, 1.807) is 17.5 Å². The number of aryl methyl sites for hydroxylation is 1. The highest BCUT2D eigenvalue weighted by Crippen LogP contribution is 2.27. The third-order valence-electron chi connectivity index (χ3n) is 2.94. The van der Waals surface area contributed by atoms with Crippen molar-refractivity contribution < 1.29 is 4.52 Å². The Kier molecular flexibility index (Phi) is 3.59. The molecule has 0 aliphatic rings. The van der Waals surface area contributed by atoms with Crippen LogP contribution in [0.3, 0.4) is 0 Å². The van der Waals surface area contributed by atoms with E-state index >= 15 is 0 Å². The zero-order valence-corrected chi connectivity index (χ0v) is 11.2. The Bertz CT molecular complexity index is 466. The van der Waals surface area contributed by atoms with Crippen molar-refractivity contribution in [2.45, 2.75) is 39.3 Å². The van der Waals surface area contributed by atoms with Gasteiger partial charge < -0.3 is 4.52 Å². The molecule has 0 unspecified atom stereocenters. The standard InChI is InChI=1S/C12H17N3OS/c1-4-12(3,11-15-9(2)8-17-11)13-7-10-5-6-14-16-10/h5-6,8,13H,4,7H2,1-3H3/t12-/m0/s1. The van der Waals surface area contributed by atoms with Crippen molar-refractivity contribution in [3.63, 3.8) is 0 Å². The van der Waals surface area contributed by atoms with Crippen LogP contribution in [0.4, 0.5) is 0 Å². The maximum Gasteiger partial charge on any atom is 0.150 e. The first-order chi connectivity index (χ1) is 8.14. The number of rotatable bonds is 5. The van der Waals surface area contributed by atoms with E-state index in [4.69, 9.17) is 4.52 Å². The van der Waals surface area contributed by atoms with Gasteiger partial charge in [-0.25, -0.2) is 4.98 Å². The molecule has 0 amide bonds. The average molecular weight is 251 g/mol. The Morgan fingerprint density at radius 3 is 2.88 bits per heavy atom. The Morgan fingerprint density at radius 2 is 2.35 bits per heavy atom. The fourth-order valence-electron chi connectivity index (χ4n) is 1.57. The van der Waals surface area contributed by atoms with Gasteiger partial charge in [0.25, 0.3) is 0 Å². The first-order valence-electron chi connectivity index (χ1n) is 5.71. The third kappa shape index (κ3) is 2.73. The highest BCUT2D eigenvalue weighted by molar-refractivity contribution is 7.09. The van der Waals surface area contributed by atoms with Crippen LogP contribution in [-0.4, -0.2) is 10.1 Å². The largest absolute Gasteiger partial charge is 0.360 e. The Labute approximate surface area is 105 Å². The fraction of sp³-hybridized carbons (Fsp3) is 0.500. The topological polar surface area (TPSA) is 51.0 Å². The number of nitrogens with one attached hydrogen (secondary N) is 1. The number of hydrogen-bond donors (Lipinski definition) is 1. The first-order valence-corrected chi connectivity index (χ1v) is 6.59. The van der Waals surface area contributed by atoms with Gasteiger partial charge in [-0.15, -0.1) is 11.3 Å². The summed E-state index contributed by atoms with van der Waals surface area (Å²) in [6, 6.07) is 1.87. The van der Waals surface area contributed by atoms with Crippen LogP contribution in [0.25, 0.3) is 0 Å². The molecule has 2 aromatic heterocycles. The fourth-order valence-corrected chi connectivity index (χ4v) is 2.58. The van der Waals surface area contributed by atoms with E-state index in [0.29, 0.717) is 6.54 Å². The highest BCUT2D eigenvalue weighted by Gasteiger charge is 2.27. The van der Waals surface area contributed by atoms with Gasteiger partial charge in [-0.3, -0.25) is 5.32 Å². The summed E-state index contributed by atoms with van der Waals surface area (Å²) >= 11 is 1.70. The van der Waals surface area contributed by atoms with E-state index in [1.165, 1.54) is 0 Å². The van der Waals surface area contributed by atoms with E-state index in [2.05, 4.69) is 34.7 Å². The van der Waals surface area contributed by atoms with Gasteiger partial charge in [0.2, 0.25) is 0 Å². The number of hydrogen-bond acceptors (Lipinski definition) is 5. The van der Waals surface area contributed by atoms with Crippen LogP contribution in [0.15, 0.2) is 22.2 Å². The second-order valence-electron chi connectivity index (χ2n) is 4.31. The number of aromatic nitrogens is 2.